The molecule has 0 fully saturated rings. The van der Waals surface area contributed by atoms with E-state index < -0.39 is 17.4 Å². The van der Waals surface area contributed by atoms with Gasteiger partial charge in [-0.15, -0.1) is 0 Å². The predicted molar refractivity (Wildman–Crippen MR) is 74.4 cm³/mol. The van der Waals surface area contributed by atoms with Gasteiger partial charge in [0.2, 0.25) is 0 Å². The van der Waals surface area contributed by atoms with Gasteiger partial charge in [-0.2, -0.15) is 0 Å². The maximum atomic E-state index is 11.7. The molecule has 0 unspecified atom stereocenters. The smallest absolute Gasteiger partial charge is 0.319 e. The van der Waals surface area contributed by atoms with Gasteiger partial charge >= 0.3 is 12.0 Å². The van der Waals surface area contributed by atoms with Gasteiger partial charge in [0.25, 0.3) is 0 Å². The molecular weight excluding hydrogens is 244 g/mol. The molecule has 2 amide bonds. The van der Waals surface area contributed by atoms with Crippen molar-refractivity contribution in [2.24, 2.45) is 5.41 Å². The Bertz CT molecular complexity index is 495. The highest BCUT2D eigenvalue weighted by molar-refractivity contribution is 5.90. The summed E-state index contributed by atoms with van der Waals surface area (Å²) in [5, 5.41) is 14.2. The van der Waals surface area contributed by atoms with E-state index in [-0.39, 0.29) is 6.54 Å². The second-order valence-corrected chi connectivity index (χ2v) is 5.24. The number of carboxylic acids is 1. The number of urea groups is 1. The normalized spacial score (nSPS) is 10.9. The third kappa shape index (κ3) is 3.98. The molecule has 0 atom stereocenters. The molecule has 0 bridgehead atoms. The van der Waals surface area contributed by atoms with Gasteiger partial charge in [0.1, 0.15) is 0 Å². The number of rotatable bonds is 4. The van der Waals surface area contributed by atoms with Crippen molar-refractivity contribution < 1.29 is 14.7 Å². The molecule has 0 aliphatic heterocycles. The Balaban J connectivity index is 2.62. The molecule has 5 heteroatoms. The number of hydrogen-bond donors (Lipinski definition) is 3. The number of nitrogens with one attached hydrogen (secondary N) is 2. The molecule has 3 N–H and O–H groups in total. The van der Waals surface area contributed by atoms with E-state index in [9.17, 15) is 9.59 Å². The number of anilines is 1. The van der Waals surface area contributed by atoms with E-state index in [1.165, 1.54) is 0 Å². The average molecular weight is 264 g/mol. The second-order valence-electron chi connectivity index (χ2n) is 5.24. The van der Waals surface area contributed by atoms with Gasteiger partial charge < -0.3 is 15.7 Å². The lowest BCUT2D eigenvalue weighted by atomic mass is 9.94. The Labute approximate surface area is 113 Å². The third-order valence-corrected chi connectivity index (χ3v) is 3.12. The Morgan fingerprint density at radius 1 is 1.26 bits per heavy atom. The van der Waals surface area contributed by atoms with Crippen LogP contribution in [0.3, 0.4) is 0 Å². The lowest BCUT2D eigenvalue weighted by Gasteiger charge is -2.20. The highest BCUT2D eigenvalue weighted by atomic mass is 16.4. The second kappa shape index (κ2) is 5.73. The molecule has 0 spiro atoms. The quantitative estimate of drug-likeness (QED) is 0.782. The third-order valence-electron chi connectivity index (χ3n) is 3.12. The zero-order valence-electron chi connectivity index (χ0n) is 11.7. The molecule has 0 saturated heterocycles. The molecule has 0 radical (unpaired) electrons. The number of carboxylic acid groups (broad SMARTS) is 1. The summed E-state index contributed by atoms with van der Waals surface area (Å²) in [4.78, 5) is 22.6. The summed E-state index contributed by atoms with van der Waals surface area (Å²) in [6, 6.07) is 5.23. The Hall–Kier alpha value is -2.04. The van der Waals surface area contributed by atoms with Crippen LogP contribution >= 0.6 is 0 Å². The maximum Gasteiger partial charge on any atom is 0.319 e. The maximum absolute atomic E-state index is 11.7. The first-order valence-electron chi connectivity index (χ1n) is 6.08. The van der Waals surface area contributed by atoms with Gasteiger partial charge in [-0.05, 0) is 44.9 Å². The minimum atomic E-state index is -0.987. The van der Waals surface area contributed by atoms with Crippen LogP contribution in [-0.2, 0) is 4.79 Å². The number of aliphatic carboxylic acids is 1. The Kier molecular flexibility index (Phi) is 4.53. The fourth-order valence-corrected chi connectivity index (χ4v) is 1.43. The summed E-state index contributed by atoms with van der Waals surface area (Å²) in [6.45, 7) is 7.08. The summed E-state index contributed by atoms with van der Waals surface area (Å²) in [5.41, 5.74) is 1.82. The Morgan fingerprint density at radius 2 is 1.89 bits per heavy atom. The van der Waals surface area contributed by atoms with Crippen LogP contribution in [0.25, 0.3) is 0 Å². The number of benzene rings is 1. The number of carbonyl (C=O) groups is 2. The monoisotopic (exact) mass is 264 g/mol. The van der Waals surface area contributed by atoms with Crippen molar-refractivity contribution in [3.05, 3.63) is 29.3 Å². The molecule has 1 aromatic carbocycles. The standard InChI is InChI=1S/C14H20N2O3/c1-9-6-5-7-11(10(9)2)16-13(19)15-8-14(3,4)12(17)18/h5-7H,8H2,1-4H3,(H,17,18)(H2,15,16,19). The van der Waals surface area contributed by atoms with Crippen molar-refractivity contribution in [3.8, 4) is 0 Å². The first-order chi connectivity index (χ1) is 8.74. The van der Waals surface area contributed by atoms with E-state index in [0.717, 1.165) is 16.8 Å². The van der Waals surface area contributed by atoms with Crippen LogP contribution in [0.4, 0.5) is 10.5 Å². The van der Waals surface area contributed by atoms with E-state index >= 15 is 0 Å². The number of hydrogen-bond acceptors (Lipinski definition) is 2. The van der Waals surface area contributed by atoms with Crippen molar-refractivity contribution in [1.29, 1.82) is 0 Å². The molecule has 0 aliphatic carbocycles. The Morgan fingerprint density at radius 3 is 2.47 bits per heavy atom. The molecule has 0 saturated carbocycles. The van der Waals surface area contributed by atoms with Crippen molar-refractivity contribution in [1.82, 2.24) is 5.32 Å². The molecule has 1 rings (SSSR count). The van der Waals surface area contributed by atoms with Crippen LogP contribution in [0.1, 0.15) is 25.0 Å². The van der Waals surface area contributed by atoms with Gasteiger partial charge in [0, 0.05) is 12.2 Å². The molecule has 1 aromatic rings. The fourth-order valence-electron chi connectivity index (χ4n) is 1.43. The fraction of sp³-hybridized carbons (Fsp3) is 0.429. The number of aryl methyl sites for hydroxylation is 1. The molecule has 104 valence electrons. The largest absolute Gasteiger partial charge is 0.481 e. The van der Waals surface area contributed by atoms with Crippen molar-refractivity contribution in [2.45, 2.75) is 27.7 Å². The number of carbonyl (C=O) groups excluding carboxylic acids is 1. The van der Waals surface area contributed by atoms with Crippen LogP contribution < -0.4 is 10.6 Å². The van der Waals surface area contributed by atoms with E-state index in [0.29, 0.717) is 0 Å². The molecule has 0 aliphatic rings. The van der Waals surface area contributed by atoms with Crippen LogP contribution in [0.15, 0.2) is 18.2 Å². The first-order valence-corrected chi connectivity index (χ1v) is 6.08. The van der Waals surface area contributed by atoms with Gasteiger partial charge in [-0.3, -0.25) is 4.79 Å². The van der Waals surface area contributed by atoms with E-state index in [2.05, 4.69) is 10.6 Å². The number of amides is 2. The van der Waals surface area contributed by atoms with Crippen LogP contribution in [0.5, 0.6) is 0 Å². The zero-order chi connectivity index (χ0) is 14.6. The summed E-state index contributed by atoms with van der Waals surface area (Å²) in [7, 11) is 0. The molecule has 0 aromatic heterocycles. The van der Waals surface area contributed by atoms with E-state index in [1.54, 1.807) is 13.8 Å². The van der Waals surface area contributed by atoms with Crippen molar-refractivity contribution >= 4 is 17.7 Å². The van der Waals surface area contributed by atoms with Gasteiger partial charge in [0.15, 0.2) is 0 Å². The van der Waals surface area contributed by atoms with Crippen LogP contribution in [-0.4, -0.2) is 23.7 Å². The van der Waals surface area contributed by atoms with Gasteiger partial charge in [-0.25, -0.2) is 4.79 Å². The molecule has 5 nitrogen and oxygen atoms in total. The van der Waals surface area contributed by atoms with E-state index in [4.69, 9.17) is 5.11 Å². The molecular formula is C14H20N2O3. The lowest BCUT2D eigenvalue weighted by molar-refractivity contribution is -0.146. The average Bonchev–Trinajstić information content (AvgIpc) is 2.32. The highest BCUT2D eigenvalue weighted by Gasteiger charge is 2.27. The lowest BCUT2D eigenvalue weighted by Crippen LogP contribution is -2.40. The van der Waals surface area contributed by atoms with Crippen LogP contribution in [0.2, 0.25) is 0 Å². The minimum absolute atomic E-state index is 0.0685. The minimum Gasteiger partial charge on any atom is -0.481 e. The first kappa shape index (κ1) is 15.0. The van der Waals surface area contributed by atoms with E-state index in [1.807, 2.05) is 32.0 Å². The topological polar surface area (TPSA) is 78.4 Å². The molecule has 19 heavy (non-hydrogen) atoms. The summed E-state index contributed by atoms with van der Waals surface area (Å²) in [6.07, 6.45) is 0. The van der Waals surface area contributed by atoms with Gasteiger partial charge in [-0.1, -0.05) is 12.1 Å². The summed E-state index contributed by atoms with van der Waals surface area (Å²) < 4.78 is 0. The summed E-state index contributed by atoms with van der Waals surface area (Å²) >= 11 is 0. The van der Waals surface area contributed by atoms with Crippen molar-refractivity contribution in [3.63, 3.8) is 0 Å². The highest BCUT2D eigenvalue weighted by Crippen LogP contribution is 2.18. The molecule has 0 heterocycles. The summed E-state index contributed by atoms with van der Waals surface area (Å²) in [5.74, 6) is -0.945. The predicted octanol–water partition coefficient (Wildman–Crippen LogP) is 2.54. The van der Waals surface area contributed by atoms with Crippen LogP contribution in [0, 0.1) is 19.3 Å². The SMILES string of the molecule is Cc1cccc(NC(=O)NCC(C)(C)C(=O)O)c1C. The van der Waals surface area contributed by atoms with Gasteiger partial charge in [0.05, 0.1) is 5.41 Å². The van der Waals surface area contributed by atoms with Crippen molar-refractivity contribution in [2.75, 3.05) is 11.9 Å². The zero-order valence-corrected chi connectivity index (χ0v) is 11.7.